The van der Waals surface area contributed by atoms with Crippen molar-refractivity contribution in [2.45, 2.75) is 32.0 Å². The summed E-state index contributed by atoms with van der Waals surface area (Å²) in [6.45, 7) is 5.64. The van der Waals surface area contributed by atoms with Crippen LogP contribution in [0, 0.1) is 5.82 Å². The zero-order chi connectivity index (χ0) is 13.2. The second-order valence-corrected chi connectivity index (χ2v) is 5.70. The third-order valence-electron chi connectivity index (χ3n) is 4.42. The summed E-state index contributed by atoms with van der Waals surface area (Å²) in [6, 6.07) is 6.09. The molecule has 0 saturated carbocycles. The summed E-state index contributed by atoms with van der Waals surface area (Å²) in [7, 11) is 0. The predicted octanol–water partition coefficient (Wildman–Crippen LogP) is 1.56. The van der Waals surface area contributed by atoms with E-state index in [9.17, 15) is 4.39 Å². The van der Waals surface area contributed by atoms with Gasteiger partial charge in [-0.15, -0.1) is 0 Å². The van der Waals surface area contributed by atoms with Gasteiger partial charge in [0.25, 0.3) is 0 Å². The van der Waals surface area contributed by atoms with Crippen LogP contribution in [0.15, 0.2) is 18.2 Å². The van der Waals surface area contributed by atoms with Gasteiger partial charge in [0.05, 0.1) is 0 Å². The molecular weight excluding hydrogens is 241 g/mol. The molecule has 2 saturated heterocycles. The molecule has 0 spiro atoms. The molecule has 1 aromatic carbocycles. The average Bonchev–Trinajstić information content (AvgIpc) is 2.88. The molecule has 3 nitrogen and oxygen atoms in total. The van der Waals surface area contributed by atoms with Gasteiger partial charge in [0, 0.05) is 44.3 Å². The second kappa shape index (κ2) is 5.57. The number of hydrogen-bond donors (Lipinski definition) is 1. The molecule has 2 aliphatic rings. The van der Waals surface area contributed by atoms with Crippen LogP contribution in [0.5, 0.6) is 0 Å². The minimum absolute atomic E-state index is 0.114. The average molecular weight is 263 g/mol. The van der Waals surface area contributed by atoms with Crippen molar-refractivity contribution in [3.8, 4) is 0 Å². The minimum Gasteiger partial charge on any atom is -0.326 e. The third-order valence-corrected chi connectivity index (χ3v) is 4.42. The molecule has 19 heavy (non-hydrogen) atoms. The number of halogens is 1. The Balaban J connectivity index is 1.65. The highest BCUT2D eigenvalue weighted by atomic mass is 19.1. The summed E-state index contributed by atoms with van der Waals surface area (Å²) in [4.78, 5) is 4.96. The predicted molar refractivity (Wildman–Crippen MR) is 74.2 cm³/mol. The molecule has 0 amide bonds. The monoisotopic (exact) mass is 263 g/mol. The van der Waals surface area contributed by atoms with Crippen molar-refractivity contribution >= 4 is 0 Å². The van der Waals surface area contributed by atoms with Crippen molar-refractivity contribution in [1.29, 1.82) is 0 Å². The van der Waals surface area contributed by atoms with Gasteiger partial charge in [0.15, 0.2) is 0 Å². The molecule has 1 aromatic rings. The Morgan fingerprint density at radius 3 is 2.95 bits per heavy atom. The van der Waals surface area contributed by atoms with Gasteiger partial charge in [-0.05, 0) is 31.0 Å². The molecule has 2 aliphatic heterocycles. The number of rotatable bonds is 3. The maximum atomic E-state index is 14.0. The quantitative estimate of drug-likeness (QED) is 0.898. The first-order chi connectivity index (χ1) is 9.26. The molecule has 0 radical (unpaired) electrons. The summed E-state index contributed by atoms with van der Waals surface area (Å²) < 4.78 is 14.0. The Morgan fingerprint density at radius 2 is 2.16 bits per heavy atom. The fourth-order valence-corrected chi connectivity index (χ4v) is 3.29. The molecule has 2 N–H and O–H groups in total. The first kappa shape index (κ1) is 13.0. The molecule has 0 aliphatic carbocycles. The topological polar surface area (TPSA) is 32.5 Å². The van der Waals surface area contributed by atoms with Gasteiger partial charge in [-0.1, -0.05) is 12.1 Å². The molecule has 2 heterocycles. The SMILES string of the molecule is NCc1ccc(CN2CCN3CCCC3C2)c(F)c1. The second-order valence-electron chi connectivity index (χ2n) is 5.70. The molecule has 3 rings (SSSR count). The van der Waals surface area contributed by atoms with Gasteiger partial charge in [-0.25, -0.2) is 4.39 Å². The highest BCUT2D eigenvalue weighted by Gasteiger charge is 2.30. The van der Waals surface area contributed by atoms with Crippen molar-refractivity contribution in [3.05, 3.63) is 35.1 Å². The number of benzene rings is 1. The Labute approximate surface area is 114 Å². The van der Waals surface area contributed by atoms with Gasteiger partial charge in [0.1, 0.15) is 5.82 Å². The zero-order valence-electron chi connectivity index (χ0n) is 11.3. The van der Waals surface area contributed by atoms with Crippen LogP contribution in [0.25, 0.3) is 0 Å². The largest absolute Gasteiger partial charge is 0.326 e. The Kier molecular flexibility index (Phi) is 3.82. The minimum atomic E-state index is -0.114. The smallest absolute Gasteiger partial charge is 0.128 e. The number of hydrogen-bond acceptors (Lipinski definition) is 3. The van der Waals surface area contributed by atoms with E-state index in [0.29, 0.717) is 12.6 Å². The number of piperazine rings is 1. The normalized spacial score (nSPS) is 24.6. The fourth-order valence-electron chi connectivity index (χ4n) is 3.29. The molecular formula is C15H22FN3. The van der Waals surface area contributed by atoms with Crippen molar-refractivity contribution in [2.24, 2.45) is 5.73 Å². The van der Waals surface area contributed by atoms with E-state index >= 15 is 0 Å². The van der Waals surface area contributed by atoms with Crippen LogP contribution in [-0.4, -0.2) is 42.0 Å². The van der Waals surface area contributed by atoms with Crippen LogP contribution in [-0.2, 0) is 13.1 Å². The van der Waals surface area contributed by atoms with Gasteiger partial charge in [-0.2, -0.15) is 0 Å². The van der Waals surface area contributed by atoms with E-state index in [4.69, 9.17) is 5.73 Å². The van der Waals surface area contributed by atoms with Crippen molar-refractivity contribution in [3.63, 3.8) is 0 Å². The standard InChI is InChI=1S/C15H22FN3/c16-15-8-12(9-17)3-4-13(15)10-18-6-7-19-5-1-2-14(19)11-18/h3-4,8,14H,1-2,5-7,9-11,17H2. The summed E-state index contributed by atoms with van der Waals surface area (Å²) in [6.07, 6.45) is 2.61. The number of nitrogens with zero attached hydrogens (tertiary/aromatic N) is 2. The highest BCUT2D eigenvalue weighted by molar-refractivity contribution is 5.24. The first-order valence-electron chi connectivity index (χ1n) is 7.20. The summed E-state index contributed by atoms with van der Waals surface area (Å²) >= 11 is 0. The lowest BCUT2D eigenvalue weighted by Gasteiger charge is -2.37. The van der Waals surface area contributed by atoms with E-state index in [-0.39, 0.29) is 5.82 Å². The maximum Gasteiger partial charge on any atom is 0.128 e. The van der Waals surface area contributed by atoms with E-state index in [1.54, 1.807) is 6.07 Å². The molecule has 4 heteroatoms. The maximum absolute atomic E-state index is 14.0. The van der Waals surface area contributed by atoms with E-state index in [2.05, 4.69) is 9.80 Å². The van der Waals surface area contributed by atoms with Crippen LogP contribution < -0.4 is 5.73 Å². The van der Waals surface area contributed by atoms with Crippen molar-refractivity contribution in [2.75, 3.05) is 26.2 Å². The lowest BCUT2D eigenvalue weighted by molar-refractivity contribution is 0.0985. The van der Waals surface area contributed by atoms with Crippen molar-refractivity contribution in [1.82, 2.24) is 9.80 Å². The molecule has 1 unspecified atom stereocenters. The highest BCUT2D eigenvalue weighted by Crippen LogP contribution is 2.23. The van der Waals surface area contributed by atoms with E-state index < -0.39 is 0 Å². The summed E-state index contributed by atoms with van der Waals surface area (Å²) in [5.41, 5.74) is 7.19. The molecule has 1 atom stereocenters. The van der Waals surface area contributed by atoms with E-state index in [1.807, 2.05) is 12.1 Å². The van der Waals surface area contributed by atoms with Crippen molar-refractivity contribution < 1.29 is 4.39 Å². The van der Waals surface area contributed by atoms with Gasteiger partial charge in [0.2, 0.25) is 0 Å². The number of nitrogens with two attached hydrogens (primary N) is 1. The first-order valence-corrected chi connectivity index (χ1v) is 7.20. The van der Waals surface area contributed by atoms with Crippen LogP contribution >= 0.6 is 0 Å². The lowest BCUT2D eigenvalue weighted by Crippen LogP contribution is -2.49. The van der Waals surface area contributed by atoms with Gasteiger partial charge < -0.3 is 5.73 Å². The summed E-state index contributed by atoms with van der Waals surface area (Å²) in [5.74, 6) is -0.114. The van der Waals surface area contributed by atoms with Crippen LogP contribution in [0.1, 0.15) is 24.0 Å². The van der Waals surface area contributed by atoms with Crippen LogP contribution in [0.2, 0.25) is 0 Å². The van der Waals surface area contributed by atoms with Gasteiger partial charge in [-0.3, -0.25) is 9.80 Å². The molecule has 0 bridgehead atoms. The van der Waals surface area contributed by atoms with E-state index in [1.165, 1.54) is 19.4 Å². The Bertz CT molecular complexity index is 449. The Morgan fingerprint density at radius 1 is 1.26 bits per heavy atom. The fraction of sp³-hybridized carbons (Fsp3) is 0.600. The third kappa shape index (κ3) is 2.81. The number of fused-ring (bicyclic) bond motifs is 1. The van der Waals surface area contributed by atoms with Crippen LogP contribution in [0.3, 0.4) is 0 Å². The molecule has 104 valence electrons. The zero-order valence-corrected chi connectivity index (χ0v) is 11.3. The summed E-state index contributed by atoms with van der Waals surface area (Å²) in [5, 5.41) is 0. The van der Waals surface area contributed by atoms with Crippen LogP contribution in [0.4, 0.5) is 4.39 Å². The van der Waals surface area contributed by atoms with E-state index in [0.717, 1.165) is 37.3 Å². The molecule has 0 aromatic heterocycles. The lowest BCUT2D eigenvalue weighted by atomic mass is 10.1. The molecule has 2 fully saturated rings. The van der Waals surface area contributed by atoms with Gasteiger partial charge >= 0.3 is 0 Å². The Hall–Kier alpha value is -0.970.